The zero-order valence-electron chi connectivity index (χ0n) is 12.3. The molecular formula is C16H19ClFN3. The molecule has 1 aromatic heterocycles. The Morgan fingerprint density at radius 2 is 2.24 bits per heavy atom. The molecule has 0 radical (unpaired) electrons. The third-order valence-corrected chi connectivity index (χ3v) is 4.43. The minimum absolute atomic E-state index is 0.286. The molecule has 112 valence electrons. The lowest BCUT2D eigenvalue weighted by molar-refractivity contribution is 0.325. The Kier molecular flexibility index (Phi) is 4.00. The van der Waals surface area contributed by atoms with Gasteiger partial charge in [-0.05, 0) is 37.6 Å². The molecule has 3 nitrogen and oxygen atoms in total. The van der Waals surface area contributed by atoms with Crippen molar-refractivity contribution in [2.75, 3.05) is 13.1 Å². The van der Waals surface area contributed by atoms with Crippen LogP contribution in [0.1, 0.15) is 29.4 Å². The summed E-state index contributed by atoms with van der Waals surface area (Å²) in [4.78, 5) is 6.98. The Morgan fingerprint density at radius 3 is 2.90 bits per heavy atom. The predicted molar refractivity (Wildman–Crippen MR) is 82.0 cm³/mol. The van der Waals surface area contributed by atoms with Crippen LogP contribution in [0.2, 0.25) is 5.02 Å². The number of nitrogens with zero attached hydrogens (tertiary/aromatic N) is 3. The van der Waals surface area contributed by atoms with Gasteiger partial charge in [0.15, 0.2) is 0 Å². The van der Waals surface area contributed by atoms with E-state index in [2.05, 4.69) is 27.7 Å². The topological polar surface area (TPSA) is 21.1 Å². The van der Waals surface area contributed by atoms with Crippen LogP contribution in [-0.4, -0.2) is 27.5 Å². The van der Waals surface area contributed by atoms with Crippen LogP contribution in [0.15, 0.2) is 24.4 Å². The van der Waals surface area contributed by atoms with Gasteiger partial charge in [0, 0.05) is 37.3 Å². The lowest BCUT2D eigenvalue weighted by Gasteiger charge is -2.17. The van der Waals surface area contributed by atoms with Gasteiger partial charge in [-0.15, -0.1) is 0 Å². The number of hydrogen-bond donors (Lipinski definition) is 0. The highest BCUT2D eigenvalue weighted by Crippen LogP contribution is 2.28. The largest absolute Gasteiger partial charge is 0.337 e. The van der Waals surface area contributed by atoms with Crippen molar-refractivity contribution in [1.29, 1.82) is 0 Å². The van der Waals surface area contributed by atoms with Crippen LogP contribution in [0.4, 0.5) is 4.39 Å². The molecular weight excluding hydrogens is 289 g/mol. The lowest BCUT2D eigenvalue weighted by Crippen LogP contribution is -2.20. The van der Waals surface area contributed by atoms with Crippen molar-refractivity contribution in [3.63, 3.8) is 0 Å². The molecule has 0 aliphatic carbocycles. The summed E-state index contributed by atoms with van der Waals surface area (Å²) in [5.74, 6) is 1.33. The Bertz CT molecular complexity index is 653. The van der Waals surface area contributed by atoms with E-state index in [0.717, 1.165) is 43.1 Å². The molecule has 1 saturated heterocycles. The number of rotatable bonds is 3. The predicted octanol–water partition coefficient (Wildman–Crippen LogP) is 3.51. The first-order valence-corrected chi connectivity index (χ1v) is 7.57. The fourth-order valence-electron chi connectivity index (χ4n) is 3.09. The molecule has 0 saturated carbocycles. The molecule has 1 aliphatic rings. The van der Waals surface area contributed by atoms with E-state index in [-0.39, 0.29) is 5.82 Å². The highest BCUT2D eigenvalue weighted by atomic mass is 35.5. The van der Waals surface area contributed by atoms with Crippen LogP contribution in [0.5, 0.6) is 0 Å². The average molecular weight is 308 g/mol. The molecule has 2 heterocycles. The van der Waals surface area contributed by atoms with Crippen LogP contribution >= 0.6 is 11.6 Å². The number of hydrogen-bond acceptors (Lipinski definition) is 2. The fourth-order valence-corrected chi connectivity index (χ4v) is 3.32. The van der Waals surface area contributed by atoms with Crippen LogP contribution in [0.3, 0.4) is 0 Å². The summed E-state index contributed by atoms with van der Waals surface area (Å²) in [6, 6.07) is 4.62. The van der Waals surface area contributed by atoms with E-state index in [4.69, 9.17) is 11.6 Å². The van der Waals surface area contributed by atoms with Gasteiger partial charge >= 0.3 is 0 Å². The second-order valence-corrected chi connectivity index (χ2v) is 6.22. The van der Waals surface area contributed by atoms with Crippen molar-refractivity contribution < 1.29 is 4.39 Å². The van der Waals surface area contributed by atoms with E-state index in [9.17, 15) is 4.39 Å². The smallest absolute Gasteiger partial charge is 0.124 e. The fraction of sp³-hybridized carbons (Fsp3) is 0.438. The summed E-state index contributed by atoms with van der Waals surface area (Å²) in [5.41, 5.74) is 2.04. The molecule has 3 rings (SSSR count). The van der Waals surface area contributed by atoms with Gasteiger partial charge in [-0.25, -0.2) is 9.37 Å². The first-order chi connectivity index (χ1) is 10.0. The second kappa shape index (κ2) is 5.78. The van der Waals surface area contributed by atoms with Gasteiger partial charge in [0.05, 0.1) is 5.69 Å². The molecule has 0 amide bonds. The van der Waals surface area contributed by atoms with Crippen molar-refractivity contribution in [2.24, 2.45) is 7.05 Å². The van der Waals surface area contributed by atoms with E-state index < -0.39 is 0 Å². The van der Waals surface area contributed by atoms with Gasteiger partial charge in [-0.1, -0.05) is 17.7 Å². The third-order valence-electron chi connectivity index (χ3n) is 4.08. The molecule has 2 aromatic rings. The van der Waals surface area contributed by atoms with E-state index in [1.807, 2.05) is 6.92 Å². The zero-order chi connectivity index (χ0) is 15.0. The minimum Gasteiger partial charge on any atom is -0.337 e. The van der Waals surface area contributed by atoms with Crippen LogP contribution < -0.4 is 0 Å². The van der Waals surface area contributed by atoms with Crippen molar-refractivity contribution in [2.45, 2.75) is 25.8 Å². The molecule has 1 fully saturated rings. The summed E-state index contributed by atoms with van der Waals surface area (Å²) in [7, 11) is 2.05. The summed E-state index contributed by atoms with van der Waals surface area (Å²) < 4.78 is 15.2. The van der Waals surface area contributed by atoms with Crippen LogP contribution in [-0.2, 0) is 13.6 Å². The number of imidazole rings is 1. The normalized spacial score (nSPS) is 19.3. The summed E-state index contributed by atoms with van der Waals surface area (Å²) in [6.07, 6.45) is 3.16. The Morgan fingerprint density at radius 1 is 1.43 bits per heavy atom. The Balaban J connectivity index is 1.68. The zero-order valence-corrected chi connectivity index (χ0v) is 13.1. The van der Waals surface area contributed by atoms with Crippen LogP contribution in [0, 0.1) is 12.7 Å². The average Bonchev–Trinajstić information content (AvgIpc) is 2.99. The van der Waals surface area contributed by atoms with Crippen molar-refractivity contribution in [3.05, 3.63) is 52.3 Å². The molecule has 21 heavy (non-hydrogen) atoms. The Hall–Kier alpha value is -1.39. The third kappa shape index (κ3) is 3.11. The molecule has 1 aliphatic heterocycles. The molecule has 1 atom stereocenters. The summed E-state index contributed by atoms with van der Waals surface area (Å²) >= 11 is 6.11. The van der Waals surface area contributed by atoms with Gasteiger partial charge in [0.2, 0.25) is 0 Å². The maximum absolute atomic E-state index is 13.1. The highest BCUT2D eigenvalue weighted by Gasteiger charge is 2.27. The van der Waals surface area contributed by atoms with Crippen molar-refractivity contribution in [1.82, 2.24) is 14.5 Å². The quantitative estimate of drug-likeness (QED) is 0.865. The van der Waals surface area contributed by atoms with E-state index >= 15 is 0 Å². The Labute approximate surface area is 129 Å². The van der Waals surface area contributed by atoms with E-state index in [1.165, 1.54) is 12.1 Å². The summed E-state index contributed by atoms with van der Waals surface area (Å²) in [6.45, 7) is 4.77. The standard InChI is InChI=1S/C16H19ClFN3/c1-11-8-20(2)16(19-11)13-5-6-21(10-13)9-12-3-4-14(18)7-15(12)17/h3-4,7-8,13H,5-6,9-10H2,1-2H3/t13-/m1/s1. The first kappa shape index (κ1) is 14.5. The molecule has 0 N–H and O–H groups in total. The minimum atomic E-state index is -0.286. The van der Waals surface area contributed by atoms with Crippen LogP contribution in [0.25, 0.3) is 0 Å². The molecule has 5 heteroatoms. The molecule has 0 unspecified atom stereocenters. The van der Waals surface area contributed by atoms with E-state index in [1.54, 1.807) is 6.07 Å². The van der Waals surface area contributed by atoms with Gasteiger partial charge in [0.25, 0.3) is 0 Å². The molecule has 1 aromatic carbocycles. The number of halogens is 2. The highest BCUT2D eigenvalue weighted by molar-refractivity contribution is 6.31. The van der Waals surface area contributed by atoms with Crippen molar-refractivity contribution in [3.8, 4) is 0 Å². The van der Waals surface area contributed by atoms with Crippen molar-refractivity contribution >= 4 is 11.6 Å². The molecule has 0 spiro atoms. The van der Waals surface area contributed by atoms with E-state index in [0.29, 0.717) is 10.9 Å². The number of benzene rings is 1. The number of likely N-dealkylation sites (tertiary alicyclic amines) is 1. The number of aryl methyl sites for hydroxylation is 2. The lowest BCUT2D eigenvalue weighted by atomic mass is 10.1. The maximum atomic E-state index is 13.1. The number of aromatic nitrogens is 2. The van der Waals surface area contributed by atoms with Gasteiger partial charge < -0.3 is 4.57 Å². The monoisotopic (exact) mass is 307 g/mol. The summed E-state index contributed by atoms with van der Waals surface area (Å²) in [5, 5.41) is 0.506. The van der Waals surface area contributed by atoms with Gasteiger partial charge in [-0.3, -0.25) is 4.90 Å². The van der Waals surface area contributed by atoms with Gasteiger partial charge in [0.1, 0.15) is 11.6 Å². The SMILES string of the molecule is Cc1cn(C)c([C@@H]2CCN(Cc3ccc(F)cc3Cl)C2)n1. The maximum Gasteiger partial charge on any atom is 0.124 e. The molecule has 0 bridgehead atoms. The first-order valence-electron chi connectivity index (χ1n) is 7.19. The van der Waals surface area contributed by atoms with Gasteiger partial charge in [-0.2, -0.15) is 0 Å². The second-order valence-electron chi connectivity index (χ2n) is 5.81.